The van der Waals surface area contributed by atoms with E-state index in [0.717, 1.165) is 25.9 Å². The molecule has 0 radical (unpaired) electrons. The van der Waals surface area contributed by atoms with E-state index in [0.29, 0.717) is 13.1 Å². The molecule has 0 spiro atoms. The molecule has 1 saturated heterocycles. The summed E-state index contributed by atoms with van der Waals surface area (Å²) in [7, 11) is 0. The number of hydrogen-bond donors (Lipinski definition) is 1. The number of carbonyl (C=O) groups is 2. The zero-order valence-electron chi connectivity index (χ0n) is 11.7. The second-order valence-corrected chi connectivity index (χ2v) is 4.70. The maximum absolute atomic E-state index is 12.0. The van der Waals surface area contributed by atoms with Gasteiger partial charge >= 0.3 is 0 Å². The molecule has 1 aliphatic rings. The van der Waals surface area contributed by atoms with Crippen LogP contribution in [0, 0.1) is 0 Å². The lowest BCUT2D eigenvalue weighted by Crippen LogP contribution is -2.47. The van der Waals surface area contributed by atoms with E-state index in [-0.39, 0.29) is 24.4 Å². The molecule has 0 saturated carbocycles. The van der Waals surface area contributed by atoms with Crippen LogP contribution in [0.4, 0.5) is 0 Å². The van der Waals surface area contributed by atoms with Gasteiger partial charge in [0.1, 0.15) is 0 Å². The van der Waals surface area contributed by atoms with E-state index in [9.17, 15) is 9.59 Å². The molecule has 1 fully saturated rings. The third kappa shape index (κ3) is 3.98. The highest BCUT2D eigenvalue weighted by atomic mass is 16.2. The Morgan fingerprint density at radius 1 is 1.22 bits per heavy atom. The van der Waals surface area contributed by atoms with Gasteiger partial charge in [0, 0.05) is 26.2 Å². The first-order chi connectivity index (χ1) is 8.60. The number of hydrogen-bond acceptors (Lipinski definition) is 3. The molecule has 1 atom stereocenters. The lowest BCUT2D eigenvalue weighted by atomic mass is 10.3. The molecule has 5 heteroatoms. The molecule has 5 nitrogen and oxygen atoms in total. The highest BCUT2D eigenvalue weighted by Gasteiger charge is 2.23. The third-order valence-corrected chi connectivity index (χ3v) is 3.46. The van der Waals surface area contributed by atoms with Crippen LogP contribution in [0.15, 0.2) is 0 Å². The molecule has 0 aromatic carbocycles. The first-order valence-corrected chi connectivity index (χ1v) is 6.90. The largest absolute Gasteiger partial charge is 0.342 e. The lowest BCUT2D eigenvalue weighted by molar-refractivity contribution is -0.133. The number of likely N-dealkylation sites (tertiary alicyclic amines) is 1. The van der Waals surface area contributed by atoms with E-state index >= 15 is 0 Å². The van der Waals surface area contributed by atoms with Gasteiger partial charge in [-0.3, -0.25) is 14.9 Å². The van der Waals surface area contributed by atoms with Crippen molar-refractivity contribution < 1.29 is 9.59 Å². The highest BCUT2D eigenvalue weighted by molar-refractivity contribution is 5.83. The summed E-state index contributed by atoms with van der Waals surface area (Å²) in [4.78, 5) is 27.4. The Morgan fingerprint density at radius 2 is 1.78 bits per heavy atom. The lowest BCUT2D eigenvalue weighted by Gasteiger charge is -2.23. The van der Waals surface area contributed by atoms with Crippen molar-refractivity contribution in [2.45, 2.75) is 39.7 Å². The highest BCUT2D eigenvalue weighted by Crippen LogP contribution is 2.08. The third-order valence-electron chi connectivity index (χ3n) is 3.46. The molecule has 104 valence electrons. The van der Waals surface area contributed by atoms with Crippen molar-refractivity contribution >= 4 is 11.8 Å². The summed E-state index contributed by atoms with van der Waals surface area (Å²) in [5.41, 5.74) is 0. The Balaban J connectivity index is 2.33. The van der Waals surface area contributed by atoms with Crippen LogP contribution in [-0.4, -0.2) is 60.4 Å². The summed E-state index contributed by atoms with van der Waals surface area (Å²) >= 11 is 0. The molecule has 18 heavy (non-hydrogen) atoms. The predicted molar refractivity (Wildman–Crippen MR) is 71.2 cm³/mol. The number of nitrogens with zero attached hydrogens (tertiary/aromatic N) is 2. The number of carbonyl (C=O) groups excluding carboxylic acids is 2. The quantitative estimate of drug-likeness (QED) is 0.750. The van der Waals surface area contributed by atoms with Gasteiger partial charge in [-0.05, 0) is 33.6 Å². The maximum atomic E-state index is 12.0. The van der Waals surface area contributed by atoms with Gasteiger partial charge in [-0.25, -0.2) is 0 Å². The van der Waals surface area contributed by atoms with Crippen molar-refractivity contribution in [2.24, 2.45) is 0 Å². The summed E-state index contributed by atoms with van der Waals surface area (Å²) in [6, 6.07) is -0.275. The number of likely N-dealkylation sites (N-methyl/N-ethyl adjacent to an activating group) is 1. The molecule has 1 rings (SSSR count). The van der Waals surface area contributed by atoms with Crippen molar-refractivity contribution in [2.75, 3.05) is 32.7 Å². The Morgan fingerprint density at radius 3 is 2.28 bits per heavy atom. The van der Waals surface area contributed by atoms with Gasteiger partial charge in [-0.1, -0.05) is 0 Å². The Bertz CT molecular complexity index is 284. The number of amides is 2. The van der Waals surface area contributed by atoms with E-state index in [2.05, 4.69) is 5.32 Å². The van der Waals surface area contributed by atoms with Gasteiger partial charge in [-0.2, -0.15) is 0 Å². The second-order valence-electron chi connectivity index (χ2n) is 4.70. The molecule has 1 unspecified atom stereocenters. The average Bonchev–Trinajstić information content (AvgIpc) is 2.90. The second kappa shape index (κ2) is 7.36. The minimum atomic E-state index is -0.275. The molecule has 0 aromatic rings. The fourth-order valence-electron chi connectivity index (χ4n) is 2.23. The Hall–Kier alpha value is -1.10. The van der Waals surface area contributed by atoms with Crippen molar-refractivity contribution in [1.29, 1.82) is 0 Å². The molecule has 1 heterocycles. The molecule has 1 aliphatic heterocycles. The summed E-state index contributed by atoms with van der Waals surface area (Å²) in [6.45, 7) is 9.12. The summed E-state index contributed by atoms with van der Waals surface area (Å²) < 4.78 is 0. The molecule has 0 aliphatic carbocycles. The number of rotatable bonds is 6. The average molecular weight is 255 g/mol. The summed E-state index contributed by atoms with van der Waals surface area (Å²) in [5, 5.41) is 3.03. The Labute approximate surface area is 110 Å². The Kier molecular flexibility index (Phi) is 6.12. The van der Waals surface area contributed by atoms with Crippen LogP contribution in [0.2, 0.25) is 0 Å². The van der Waals surface area contributed by atoms with Crippen LogP contribution >= 0.6 is 0 Å². The van der Waals surface area contributed by atoms with E-state index in [4.69, 9.17) is 0 Å². The molecule has 2 amide bonds. The van der Waals surface area contributed by atoms with Gasteiger partial charge in [0.05, 0.1) is 12.6 Å². The van der Waals surface area contributed by atoms with Crippen molar-refractivity contribution in [3.05, 3.63) is 0 Å². The minimum Gasteiger partial charge on any atom is -0.342 e. The van der Waals surface area contributed by atoms with Gasteiger partial charge in [0.15, 0.2) is 0 Å². The van der Waals surface area contributed by atoms with Crippen molar-refractivity contribution in [3.63, 3.8) is 0 Å². The first kappa shape index (κ1) is 15.0. The van der Waals surface area contributed by atoms with Crippen molar-refractivity contribution in [3.8, 4) is 0 Å². The number of nitrogens with one attached hydrogen (secondary N) is 1. The normalized spacial score (nSPS) is 16.7. The minimum absolute atomic E-state index is 0.0565. The predicted octanol–water partition coefficient (Wildman–Crippen LogP) is 0.455. The molecule has 0 aromatic heterocycles. The van der Waals surface area contributed by atoms with Crippen LogP contribution in [0.1, 0.15) is 33.6 Å². The van der Waals surface area contributed by atoms with E-state index in [1.54, 1.807) is 4.90 Å². The van der Waals surface area contributed by atoms with Crippen LogP contribution in [0.5, 0.6) is 0 Å². The fraction of sp³-hybridized carbons (Fsp3) is 0.846. The van der Waals surface area contributed by atoms with Gasteiger partial charge < -0.3 is 9.80 Å². The van der Waals surface area contributed by atoms with Gasteiger partial charge in [0.25, 0.3) is 0 Å². The van der Waals surface area contributed by atoms with Crippen molar-refractivity contribution in [1.82, 2.24) is 15.1 Å². The monoisotopic (exact) mass is 255 g/mol. The van der Waals surface area contributed by atoms with E-state index in [1.807, 2.05) is 25.7 Å². The maximum Gasteiger partial charge on any atom is 0.239 e. The standard InChI is InChI=1S/C13H25N3O2/c1-4-15(5-2)12(17)10-14-11(3)13(18)16-8-6-7-9-16/h11,14H,4-10H2,1-3H3. The van der Waals surface area contributed by atoms with Crippen LogP contribution in [0.3, 0.4) is 0 Å². The first-order valence-electron chi connectivity index (χ1n) is 6.90. The van der Waals surface area contributed by atoms with E-state index < -0.39 is 0 Å². The molecular formula is C13H25N3O2. The van der Waals surface area contributed by atoms with E-state index in [1.165, 1.54) is 0 Å². The summed E-state index contributed by atoms with van der Waals surface area (Å²) in [6.07, 6.45) is 2.19. The zero-order chi connectivity index (χ0) is 13.5. The topological polar surface area (TPSA) is 52.7 Å². The van der Waals surface area contributed by atoms with Crippen LogP contribution in [0.25, 0.3) is 0 Å². The van der Waals surface area contributed by atoms with Crippen LogP contribution < -0.4 is 5.32 Å². The molecule has 0 bridgehead atoms. The van der Waals surface area contributed by atoms with Crippen LogP contribution in [-0.2, 0) is 9.59 Å². The summed E-state index contributed by atoms with van der Waals surface area (Å²) in [5.74, 6) is 0.168. The molecule has 1 N–H and O–H groups in total. The SMILES string of the molecule is CCN(CC)C(=O)CNC(C)C(=O)N1CCCC1. The zero-order valence-corrected chi connectivity index (χ0v) is 11.7. The smallest absolute Gasteiger partial charge is 0.239 e. The van der Waals surface area contributed by atoms with Gasteiger partial charge in [0.2, 0.25) is 11.8 Å². The molecular weight excluding hydrogens is 230 g/mol. The fourth-order valence-corrected chi connectivity index (χ4v) is 2.23. The van der Waals surface area contributed by atoms with Gasteiger partial charge in [-0.15, -0.1) is 0 Å².